The van der Waals surface area contributed by atoms with Crippen LogP contribution in [0.1, 0.15) is 84.1 Å². The Morgan fingerprint density at radius 3 is 2.29 bits per heavy atom. The Hall–Kier alpha value is -4.29. The molecule has 66 heavy (non-hydrogen) atoms. The van der Waals surface area contributed by atoms with Gasteiger partial charge in [-0.1, -0.05) is 45.4 Å². The van der Waals surface area contributed by atoms with Crippen LogP contribution in [0.4, 0.5) is 0 Å². The molecule has 4 aliphatic rings. The van der Waals surface area contributed by atoms with E-state index >= 15 is 0 Å². The van der Waals surface area contributed by atoms with E-state index in [1.54, 1.807) is 0 Å². The molecule has 2 aliphatic heterocycles. The molecule has 21 heteroatoms. The van der Waals surface area contributed by atoms with E-state index < -0.39 is 127 Å². The minimum atomic E-state index is -1.70. The molecule has 2 saturated heterocycles. The molecule has 0 radical (unpaired) electrons. The zero-order valence-corrected chi connectivity index (χ0v) is 37.4. The van der Waals surface area contributed by atoms with E-state index in [9.17, 15) is 59.7 Å². The second-order valence-electron chi connectivity index (χ2n) is 18.0. The van der Waals surface area contributed by atoms with Gasteiger partial charge in [-0.25, -0.2) is 9.59 Å². The Labute approximate surface area is 381 Å². The van der Waals surface area contributed by atoms with Crippen molar-refractivity contribution in [1.82, 2.24) is 16.0 Å². The normalized spacial score (nSPS) is 33.5. The first-order valence-electron chi connectivity index (χ1n) is 22.9. The van der Waals surface area contributed by atoms with Crippen molar-refractivity contribution in [3.8, 4) is 5.75 Å². The Morgan fingerprint density at radius 2 is 1.61 bits per heavy atom. The number of aromatic hydroxyl groups is 1. The number of benzene rings is 1. The number of phenols is 1. The van der Waals surface area contributed by atoms with Gasteiger partial charge in [0.2, 0.25) is 17.7 Å². The van der Waals surface area contributed by atoms with Crippen molar-refractivity contribution in [3.63, 3.8) is 0 Å². The summed E-state index contributed by atoms with van der Waals surface area (Å²) in [6.07, 6.45) is -11.6. The standard InChI is InChI=1S/C45H65N3O18/c1-4-24-15-26(42(58)47-13-12-46-33(52)17-25-18-34(53)62-29-19-27(51)10-11-28(25)29)16-30(40(24)66-45-39(57)38(56)36(54)21(2)61-45)64-44-35(48-22(3)50)41(37(55)32(20-49)65-44)63-31(43(59)60)14-23-8-6-5-7-9-23/h10-11,18-19,21,23-24,26,30-32,35-41,44-45,49,51,54-57H,4-9,12-17,20H2,1-3H3,(H,46,52)(H,47,58)(H,48,50)(H,59,60)/t21?,24?,26?,30?,31-,32+,35?,36?,37?,38?,39?,40?,41?,44+,45?/m0/s1. The van der Waals surface area contributed by atoms with Crippen molar-refractivity contribution in [1.29, 1.82) is 0 Å². The number of carboxylic acids is 1. The molecule has 0 bridgehead atoms. The molecule has 1 aromatic heterocycles. The number of ether oxygens (including phenoxy) is 5. The average Bonchev–Trinajstić information content (AvgIpc) is 3.27. The summed E-state index contributed by atoms with van der Waals surface area (Å²) >= 11 is 0. The van der Waals surface area contributed by atoms with Gasteiger partial charge < -0.3 is 79.8 Å². The van der Waals surface area contributed by atoms with E-state index in [2.05, 4.69) is 16.0 Å². The van der Waals surface area contributed by atoms with Crippen molar-refractivity contribution in [2.45, 2.75) is 165 Å². The largest absolute Gasteiger partial charge is 0.508 e. The van der Waals surface area contributed by atoms with Crippen LogP contribution in [0.3, 0.4) is 0 Å². The van der Waals surface area contributed by atoms with E-state index in [1.807, 2.05) is 6.92 Å². The summed E-state index contributed by atoms with van der Waals surface area (Å²) in [7, 11) is 0. The van der Waals surface area contributed by atoms with Crippen LogP contribution >= 0.6 is 0 Å². The highest BCUT2D eigenvalue weighted by Crippen LogP contribution is 2.40. The average molecular weight is 936 g/mol. The molecule has 1 aromatic carbocycles. The number of hydrogen-bond donors (Lipinski definition) is 10. The maximum atomic E-state index is 13.9. The zero-order chi connectivity index (χ0) is 47.8. The van der Waals surface area contributed by atoms with Gasteiger partial charge in [-0.15, -0.1) is 0 Å². The number of carbonyl (C=O) groups excluding carboxylic acids is 3. The van der Waals surface area contributed by atoms with Crippen LogP contribution in [0, 0.1) is 17.8 Å². The maximum Gasteiger partial charge on any atom is 0.336 e. The molecule has 12 unspecified atom stereocenters. The molecular weight excluding hydrogens is 870 g/mol. The summed E-state index contributed by atoms with van der Waals surface area (Å²) in [6.45, 7) is 3.81. The molecule has 3 heterocycles. The van der Waals surface area contributed by atoms with Gasteiger partial charge in [0, 0.05) is 43.5 Å². The molecule has 10 N–H and O–H groups in total. The van der Waals surface area contributed by atoms with Crippen LogP contribution in [-0.4, -0.2) is 159 Å². The summed E-state index contributed by atoms with van der Waals surface area (Å²) < 4.78 is 36.2. The third-order valence-electron chi connectivity index (χ3n) is 13.2. The van der Waals surface area contributed by atoms with Crippen LogP contribution in [0.5, 0.6) is 5.75 Å². The van der Waals surface area contributed by atoms with E-state index in [0.29, 0.717) is 17.4 Å². The van der Waals surface area contributed by atoms with Crippen LogP contribution in [0.25, 0.3) is 11.0 Å². The number of rotatable bonds is 18. The lowest BCUT2D eigenvalue weighted by molar-refractivity contribution is -0.338. The van der Waals surface area contributed by atoms with Crippen LogP contribution in [0.15, 0.2) is 33.5 Å². The summed E-state index contributed by atoms with van der Waals surface area (Å²) in [5.74, 6) is -4.04. The lowest BCUT2D eigenvalue weighted by Crippen LogP contribution is -2.67. The Bertz CT molecular complexity index is 2030. The molecule has 4 fully saturated rings. The number of hydrogen-bond acceptors (Lipinski definition) is 17. The number of carboxylic acid groups (broad SMARTS) is 1. The number of nitrogens with one attached hydrogen (secondary N) is 3. The molecule has 2 aromatic rings. The number of carbonyl (C=O) groups is 4. The van der Waals surface area contributed by atoms with Crippen LogP contribution in [-0.2, 0) is 49.3 Å². The van der Waals surface area contributed by atoms with Crippen molar-refractivity contribution in [3.05, 3.63) is 40.2 Å². The van der Waals surface area contributed by atoms with Crippen LogP contribution < -0.4 is 21.6 Å². The molecular formula is C45H65N3O18. The van der Waals surface area contributed by atoms with Gasteiger partial charge in [-0.05, 0) is 55.7 Å². The number of phenolic OH excluding ortho intramolecular Hbond substituents is 1. The Kier molecular flexibility index (Phi) is 17.9. The van der Waals surface area contributed by atoms with Crippen molar-refractivity contribution in [2.75, 3.05) is 19.7 Å². The van der Waals surface area contributed by atoms with Crippen molar-refractivity contribution >= 4 is 34.7 Å². The molecule has 6 rings (SSSR count). The molecule has 2 saturated carbocycles. The highest BCUT2D eigenvalue weighted by atomic mass is 16.7. The first-order chi connectivity index (χ1) is 31.5. The third-order valence-corrected chi connectivity index (χ3v) is 13.2. The Balaban J connectivity index is 1.20. The smallest absolute Gasteiger partial charge is 0.336 e. The van der Waals surface area contributed by atoms with Gasteiger partial charge >= 0.3 is 11.6 Å². The Morgan fingerprint density at radius 1 is 0.879 bits per heavy atom. The fourth-order valence-electron chi connectivity index (χ4n) is 9.71. The monoisotopic (exact) mass is 935 g/mol. The number of aliphatic carboxylic acids is 1. The van der Waals surface area contributed by atoms with E-state index in [4.69, 9.17) is 28.1 Å². The molecule has 2 aliphatic carbocycles. The lowest BCUT2D eigenvalue weighted by Gasteiger charge is -2.49. The summed E-state index contributed by atoms with van der Waals surface area (Å²) in [5, 5.41) is 82.7. The van der Waals surface area contributed by atoms with Gasteiger partial charge in [-0.2, -0.15) is 0 Å². The van der Waals surface area contributed by atoms with E-state index in [-0.39, 0.29) is 56.0 Å². The molecule has 3 amide bonds. The highest BCUT2D eigenvalue weighted by molar-refractivity contribution is 5.87. The van der Waals surface area contributed by atoms with E-state index in [1.165, 1.54) is 38.1 Å². The van der Waals surface area contributed by atoms with Gasteiger partial charge in [0.05, 0.1) is 31.3 Å². The summed E-state index contributed by atoms with van der Waals surface area (Å²) in [5.41, 5.74) is -0.193. The fourth-order valence-corrected chi connectivity index (χ4v) is 9.71. The predicted molar refractivity (Wildman–Crippen MR) is 229 cm³/mol. The number of fused-ring (bicyclic) bond motifs is 1. The number of aliphatic hydroxyl groups is 5. The maximum absolute atomic E-state index is 13.9. The predicted octanol–water partition coefficient (Wildman–Crippen LogP) is -0.301. The van der Waals surface area contributed by atoms with Crippen molar-refractivity contribution in [2.24, 2.45) is 17.8 Å². The number of amides is 3. The van der Waals surface area contributed by atoms with Gasteiger partial charge in [0.1, 0.15) is 54.0 Å². The topological polar surface area (TPSA) is 322 Å². The minimum Gasteiger partial charge on any atom is -0.508 e. The summed E-state index contributed by atoms with van der Waals surface area (Å²) in [6, 6.07) is 4.05. The minimum absolute atomic E-state index is 0.00606. The van der Waals surface area contributed by atoms with Gasteiger partial charge in [0.15, 0.2) is 18.7 Å². The molecule has 0 spiro atoms. The third kappa shape index (κ3) is 12.6. The molecule has 368 valence electrons. The first kappa shape index (κ1) is 51.1. The fraction of sp³-hybridized carbons (Fsp3) is 0.711. The second kappa shape index (κ2) is 23.1. The van der Waals surface area contributed by atoms with E-state index in [0.717, 1.165) is 32.1 Å². The molecule has 15 atom stereocenters. The van der Waals surface area contributed by atoms with Gasteiger partial charge in [-0.3, -0.25) is 14.4 Å². The zero-order valence-electron chi connectivity index (χ0n) is 37.4. The quantitative estimate of drug-likeness (QED) is 0.0678. The number of aliphatic hydroxyl groups excluding tert-OH is 5. The van der Waals surface area contributed by atoms with Crippen LogP contribution in [0.2, 0.25) is 0 Å². The molecule has 21 nitrogen and oxygen atoms in total. The van der Waals surface area contributed by atoms with Gasteiger partial charge in [0.25, 0.3) is 0 Å². The van der Waals surface area contributed by atoms with Crippen molar-refractivity contribution < 1.29 is 83.0 Å². The lowest BCUT2D eigenvalue weighted by atomic mass is 9.75. The SMILES string of the molecule is CCC1CC(C(=O)NCCNC(=O)Cc2cc(=O)oc3cc(O)ccc23)CC(O[C@@H]2O[C@H](CO)C(O)C(O[C@@H](CC3CCCCC3)C(=O)O)C2NC(C)=O)C1OC1OC(C)C(O)C(O)C1O. The highest BCUT2D eigenvalue weighted by Gasteiger charge is 2.53. The first-order valence-corrected chi connectivity index (χ1v) is 22.9. The summed E-state index contributed by atoms with van der Waals surface area (Å²) in [4.78, 5) is 64.4. The second-order valence-corrected chi connectivity index (χ2v) is 18.0.